The Morgan fingerprint density at radius 2 is 1.93 bits per heavy atom. The van der Waals surface area contributed by atoms with Crippen LogP contribution in [0, 0.1) is 0 Å². The highest BCUT2D eigenvalue weighted by Crippen LogP contribution is 2.34. The van der Waals surface area contributed by atoms with Crippen molar-refractivity contribution >= 4 is 28.3 Å². The second kappa shape index (κ2) is 3.17. The minimum atomic E-state index is -0.0159. The van der Waals surface area contributed by atoms with Crippen molar-refractivity contribution in [2.45, 2.75) is 26.2 Å². The molecule has 2 N–H and O–H groups in total. The van der Waals surface area contributed by atoms with Crippen molar-refractivity contribution in [2.75, 3.05) is 5.73 Å². The Labute approximate surface area is 94.0 Å². The van der Waals surface area contributed by atoms with Gasteiger partial charge in [0, 0.05) is 10.8 Å². The van der Waals surface area contributed by atoms with Gasteiger partial charge in [0.25, 0.3) is 0 Å². The second-order valence-electron chi connectivity index (χ2n) is 4.74. The van der Waals surface area contributed by atoms with Gasteiger partial charge in [0.05, 0.1) is 10.7 Å². The molecular weight excluding hydrogens is 210 g/mol. The first-order chi connectivity index (χ1) is 6.89. The summed E-state index contributed by atoms with van der Waals surface area (Å²) in [7, 11) is 0. The van der Waals surface area contributed by atoms with E-state index in [1.165, 1.54) is 0 Å². The molecule has 2 nitrogen and oxygen atoms in total. The lowest BCUT2D eigenvalue weighted by molar-refractivity contribution is 0.430. The van der Waals surface area contributed by atoms with Gasteiger partial charge in [-0.3, -0.25) is 0 Å². The fourth-order valence-electron chi connectivity index (χ4n) is 1.47. The number of rotatable bonds is 0. The first-order valence-electron chi connectivity index (χ1n) is 4.87. The van der Waals surface area contributed by atoms with Gasteiger partial charge in [-0.15, -0.1) is 0 Å². The van der Waals surface area contributed by atoms with Crippen LogP contribution < -0.4 is 5.73 Å². The number of anilines is 1. The summed E-state index contributed by atoms with van der Waals surface area (Å²) in [4.78, 5) is 0. The number of fused-ring (bicyclic) bond motifs is 1. The van der Waals surface area contributed by atoms with E-state index in [2.05, 4.69) is 20.8 Å². The van der Waals surface area contributed by atoms with E-state index in [0.717, 1.165) is 11.1 Å². The summed E-state index contributed by atoms with van der Waals surface area (Å²) in [5.41, 5.74) is 7.04. The summed E-state index contributed by atoms with van der Waals surface area (Å²) in [6, 6.07) is 5.73. The lowest BCUT2D eigenvalue weighted by Gasteiger charge is -2.13. The van der Waals surface area contributed by atoms with Crippen LogP contribution in [-0.4, -0.2) is 0 Å². The molecule has 0 unspecified atom stereocenters. The van der Waals surface area contributed by atoms with Crippen LogP contribution in [0.15, 0.2) is 22.6 Å². The van der Waals surface area contributed by atoms with Gasteiger partial charge in [-0.1, -0.05) is 32.4 Å². The van der Waals surface area contributed by atoms with Crippen molar-refractivity contribution in [3.05, 3.63) is 29.0 Å². The molecule has 0 atom stereocenters. The summed E-state index contributed by atoms with van der Waals surface area (Å²) in [5, 5.41) is 1.54. The molecule has 0 amide bonds. The SMILES string of the molecule is CC(C)(C)c1cc2ccc(Cl)c(N)c2o1. The highest BCUT2D eigenvalue weighted by molar-refractivity contribution is 6.34. The van der Waals surface area contributed by atoms with Gasteiger partial charge in [-0.25, -0.2) is 0 Å². The predicted octanol–water partition coefficient (Wildman–Crippen LogP) is 3.97. The molecular formula is C12H14ClNO. The van der Waals surface area contributed by atoms with Crippen LogP contribution in [0.2, 0.25) is 5.02 Å². The molecule has 0 bridgehead atoms. The molecule has 0 aliphatic heterocycles. The van der Waals surface area contributed by atoms with E-state index in [4.69, 9.17) is 21.8 Å². The van der Waals surface area contributed by atoms with Gasteiger partial charge in [0.1, 0.15) is 5.76 Å². The van der Waals surface area contributed by atoms with Crippen molar-refractivity contribution in [3.63, 3.8) is 0 Å². The van der Waals surface area contributed by atoms with Crippen LogP contribution >= 0.6 is 11.6 Å². The van der Waals surface area contributed by atoms with E-state index >= 15 is 0 Å². The zero-order chi connectivity index (χ0) is 11.2. The van der Waals surface area contributed by atoms with Crippen LogP contribution in [0.25, 0.3) is 11.0 Å². The Bertz CT molecular complexity index is 508. The second-order valence-corrected chi connectivity index (χ2v) is 5.15. The monoisotopic (exact) mass is 223 g/mol. The standard InChI is InChI=1S/C12H14ClNO/c1-12(2,3)9-6-7-4-5-8(13)10(14)11(7)15-9/h4-6H,14H2,1-3H3. The largest absolute Gasteiger partial charge is 0.458 e. The van der Waals surface area contributed by atoms with Crippen LogP contribution in [0.4, 0.5) is 5.69 Å². The van der Waals surface area contributed by atoms with Gasteiger partial charge in [0.15, 0.2) is 5.58 Å². The molecule has 0 fully saturated rings. The molecule has 2 aromatic rings. The lowest BCUT2D eigenvalue weighted by Crippen LogP contribution is -2.08. The van der Waals surface area contributed by atoms with Crippen LogP contribution in [0.5, 0.6) is 0 Å². The molecule has 2 rings (SSSR count). The first kappa shape index (κ1) is 10.4. The van der Waals surface area contributed by atoms with Crippen molar-refractivity contribution in [3.8, 4) is 0 Å². The Morgan fingerprint density at radius 3 is 2.53 bits per heavy atom. The summed E-state index contributed by atoms with van der Waals surface area (Å²) in [5.74, 6) is 0.923. The summed E-state index contributed by atoms with van der Waals surface area (Å²) in [6.07, 6.45) is 0. The molecule has 0 radical (unpaired) electrons. The minimum absolute atomic E-state index is 0.0159. The molecule has 0 spiro atoms. The number of furan rings is 1. The summed E-state index contributed by atoms with van der Waals surface area (Å²) < 4.78 is 5.73. The highest BCUT2D eigenvalue weighted by Gasteiger charge is 2.20. The Balaban J connectivity index is 2.72. The van der Waals surface area contributed by atoms with E-state index in [-0.39, 0.29) is 5.41 Å². The number of nitrogen functional groups attached to an aromatic ring is 1. The molecule has 80 valence electrons. The van der Waals surface area contributed by atoms with Crippen molar-refractivity contribution in [2.24, 2.45) is 0 Å². The van der Waals surface area contributed by atoms with E-state index in [9.17, 15) is 0 Å². The van der Waals surface area contributed by atoms with Crippen molar-refractivity contribution < 1.29 is 4.42 Å². The fourth-order valence-corrected chi connectivity index (χ4v) is 1.62. The molecule has 3 heteroatoms. The molecule has 1 heterocycles. The van der Waals surface area contributed by atoms with Gasteiger partial charge in [0.2, 0.25) is 0 Å². The van der Waals surface area contributed by atoms with Crippen LogP contribution in [0.3, 0.4) is 0 Å². The van der Waals surface area contributed by atoms with Crippen molar-refractivity contribution in [1.82, 2.24) is 0 Å². The zero-order valence-electron chi connectivity index (χ0n) is 9.10. The number of nitrogens with two attached hydrogens (primary N) is 1. The normalized spacial score (nSPS) is 12.3. The molecule has 0 aliphatic rings. The molecule has 1 aromatic heterocycles. The summed E-state index contributed by atoms with van der Waals surface area (Å²) >= 11 is 5.93. The Hall–Kier alpha value is -1.15. The first-order valence-corrected chi connectivity index (χ1v) is 5.25. The van der Waals surface area contributed by atoms with Gasteiger partial charge >= 0.3 is 0 Å². The topological polar surface area (TPSA) is 39.2 Å². The van der Waals surface area contributed by atoms with Gasteiger partial charge in [-0.2, -0.15) is 0 Å². The third-order valence-electron chi connectivity index (χ3n) is 2.41. The number of halogens is 1. The zero-order valence-corrected chi connectivity index (χ0v) is 9.85. The smallest absolute Gasteiger partial charge is 0.158 e. The maximum Gasteiger partial charge on any atom is 0.158 e. The van der Waals surface area contributed by atoms with Gasteiger partial charge < -0.3 is 10.2 Å². The average molecular weight is 224 g/mol. The molecule has 0 saturated heterocycles. The Kier molecular flexibility index (Phi) is 2.19. The maximum absolute atomic E-state index is 5.93. The summed E-state index contributed by atoms with van der Waals surface area (Å²) in [6.45, 7) is 6.30. The molecule has 1 aromatic carbocycles. The number of benzene rings is 1. The fraction of sp³-hybridized carbons (Fsp3) is 0.333. The lowest BCUT2D eigenvalue weighted by atomic mass is 9.93. The molecule has 0 aliphatic carbocycles. The van der Waals surface area contributed by atoms with E-state index in [0.29, 0.717) is 16.3 Å². The minimum Gasteiger partial charge on any atom is -0.458 e. The van der Waals surface area contributed by atoms with Crippen molar-refractivity contribution in [1.29, 1.82) is 0 Å². The quantitative estimate of drug-likeness (QED) is 0.687. The number of hydrogen-bond acceptors (Lipinski definition) is 2. The van der Waals surface area contributed by atoms with E-state index in [1.807, 2.05) is 12.1 Å². The van der Waals surface area contributed by atoms with Crippen LogP contribution in [0.1, 0.15) is 26.5 Å². The molecule has 0 saturated carbocycles. The Morgan fingerprint density at radius 1 is 1.27 bits per heavy atom. The maximum atomic E-state index is 5.93. The highest BCUT2D eigenvalue weighted by atomic mass is 35.5. The molecule has 15 heavy (non-hydrogen) atoms. The third kappa shape index (κ3) is 1.70. The predicted molar refractivity (Wildman–Crippen MR) is 64.3 cm³/mol. The average Bonchev–Trinajstić information content (AvgIpc) is 2.55. The van der Waals surface area contributed by atoms with Gasteiger partial charge in [-0.05, 0) is 18.2 Å². The van der Waals surface area contributed by atoms with E-state index < -0.39 is 0 Å². The van der Waals surface area contributed by atoms with Crippen LogP contribution in [-0.2, 0) is 5.41 Å². The number of hydrogen-bond donors (Lipinski definition) is 1. The third-order valence-corrected chi connectivity index (χ3v) is 2.74. The van der Waals surface area contributed by atoms with E-state index in [1.54, 1.807) is 6.07 Å².